The van der Waals surface area contributed by atoms with Gasteiger partial charge in [0.05, 0.1) is 19.3 Å². The molecule has 1 unspecified atom stereocenters. The van der Waals surface area contributed by atoms with Gasteiger partial charge in [-0.3, -0.25) is 0 Å². The van der Waals surface area contributed by atoms with Gasteiger partial charge in [0.25, 0.3) is 0 Å². The largest absolute Gasteiger partial charge is 0.493 e. The van der Waals surface area contributed by atoms with Crippen molar-refractivity contribution in [2.45, 2.75) is 33.2 Å². The number of benzene rings is 1. The lowest BCUT2D eigenvalue weighted by molar-refractivity contribution is 0.122. The Morgan fingerprint density at radius 3 is 2.61 bits per heavy atom. The number of likely N-dealkylation sites (N-methyl/N-ethyl adjacent to an activating group) is 1. The normalized spacial score (nSPS) is 12.4. The summed E-state index contributed by atoms with van der Waals surface area (Å²) in [6, 6.07) is 8.39. The van der Waals surface area contributed by atoms with Gasteiger partial charge in [-0.05, 0) is 26.0 Å². The Bertz CT molecular complexity index is 328. The van der Waals surface area contributed by atoms with Crippen LogP contribution in [-0.2, 0) is 4.74 Å². The first-order valence-corrected chi connectivity index (χ1v) is 6.86. The Hall–Kier alpha value is -1.06. The predicted molar refractivity (Wildman–Crippen MR) is 75.1 cm³/mol. The molecule has 0 fully saturated rings. The van der Waals surface area contributed by atoms with Gasteiger partial charge in [0.15, 0.2) is 0 Å². The minimum Gasteiger partial charge on any atom is -0.493 e. The van der Waals surface area contributed by atoms with Crippen molar-refractivity contribution in [1.82, 2.24) is 5.32 Å². The highest BCUT2D eigenvalue weighted by atomic mass is 16.5. The molecule has 0 aliphatic carbocycles. The van der Waals surface area contributed by atoms with Crippen LogP contribution in [0.1, 0.15) is 38.8 Å². The maximum atomic E-state index is 5.80. The van der Waals surface area contributed by atoms with Gasteiger partial charge in [0.1, 0.15) is 5.75 Å². The second-order valence-electron chi connectivity index (χ2n) is 4.16. The average molecular weight is 251 g/mol. The Labute approximate surface area is 110 Å². The van der Waals surface area contributed by atoms with Crippen LogP contribution in [0.15, 0.2) is 24.3 Å². The lowest BCUT2D eigenvalue weighted by Gasteiger charge is -2.21. The van der Waals surface area contributed by atoms with Crippen LogP contribution in [0, 0.1) is 0 Å². The monoisotopic (exact) mass is 251 g/mol. The molecule has 0 amide bonds. The van der Waals surface area contributed by atoms with E-state index in [9.17, 15) is 0 Å². The van der Waals surface area contributed by atoms with E-state index in [1.165, 1.54) is 5.56 Å². The van der Waals surface area contributed by atoms with E-state index in [4.69, 9.17) is 9.47 Å². The Morgan fingerprint density at radius 1 is 1.17 bits per heavy atom. The SMILES string of the molecule is CCCOc1ccccc1C(COCC)NCC. The first kappa shape index (κ1) is 15.0. The highest BCUT2D eigenvalue weighted by Gasteiger charge is 2.14. The van der Waals surface area contributed by atoms with E-state index < -0.39 is 0 Å². The van der Waals surface area contributed by atoms with Crippen molar-refractivity contribution in [2.24, 2.45) is 0 Å². The van der Waals surface area contributed by atoms with Gasteiger partial charge in [-0.2, -0.15) is 0 Å². The summed E-state index contributed by atoms with van der Waals surface area (Å²) in [6.07, 6.45) is 1.02. The molecule has 102 valence electrons. The molecule has 3 nitrogen and oxygen atoms in total. The maximum absolute atomic E-state index is 5.80. The van der Waals surface area contributed by atoms with Gasteiger partial charge in [-0.25, -0.2) is 0 Å². The summed E-state index contributed by atoms with van der Waals surface area (Å²) in [5, 5.41) is 3.45. The zero-order valence-corrected chi connectivity index (χ0v) is 11.7. The predicted octanol–water partition coefficient (Wildman–Crippen LogP) is 3.16. The molecule has 0 saturated heterocycles. The first-order chi connectivity index (χ1) is 8.83. The average Bonchev–Trinajstić information content (AvgIpc) is 2.41. The van der Waals surface area contributed by atoms with E-state index in [-0.39, 0.29) is 6.04 Å². The number of ether oxygens (including phenoxy) is 2. The van der Waals surface area contributed by atoms with Crippen LogP contribution in [0.2, 0.25) is 0 Å². The molecular formula is C15H25NO2. The van der Waals surface area contributed by atoms with Crippen molar-refractivity contribution in [2.75, 3.05) is 26.4 Å². The molecule has 0 bridgehead atoms. The lowest BCUT2D eigenvalue weighted by Crippen LogP contribution is -2.26. The van der Waals surface area contributed by atoms with E-state index >= 15 is 0 Å². The standard InChI is InChI=1S/C15H25NO2/c1-4-11-18-15-10-8-7-9-13(15)14(16-5-2)12-17-6-3/h7-10,14,16H,4-6,11-12H2,1-3H3. The van der Waals surface area contributed by atoms with Crippen molar-refractivity contribution < 1.29 is 9.47 Å². The topological polar surface area (TPSA) is 30.5 Å². The van der Waals surface area contributed by atoms with Gasteiger partial charge in [-0.15, -0.1) is 0 Å². The summed E-state index contributed by atoms with van der Waals surface area (Å²) in [4.78, 5) is 0. The summed E-state index contributed by atoms with van der Waals surface area (Å²) in [5.74, 6) is 0.963. The second kappa shape index (κ2) is 8.95. The summed E-state index contributed by atoms with van der Waals surface area (Å²) < 4.78 is 11.3. The molecular weight excluding hydrogens is 226 g/mol. The lowest BCUT2D eigenvalue weighted by atomic mass is 10.1. The van der Waals surface area contributed by atoms with E-state index in [2.05, 4.69) is 25.2 Å². The number of para-hydroxylation sites is 1. The smallest absolute Gasteiger partial charge is 0.124 e. The van der Waals surface area contributed by atoms with Crippen LogP contribution in [0.5, 0.6) is 5.75 Å². The highest BCUT2D eigenvalue weighted by molar-refractivity contribution is 5.36. The van der Waals surface area contributed by atoms with E-state index in [0.717, 1.165) is 31.9 Å². The zero-order valence-electron chi connectivity index (χ0n) is 11.7. The van der Waals surface area contributed by atoms with Crippen molar-refractivity contribution in [1.29, 1.82) is 0 Å². The van der Waals surface area contributed by atoms with Crippen LogP contribution >= 0.6 is 0 Å². The van der Waals surface area contributed by atoms with Gasteiger partial charge in [-0.1, -0.05) is 32.0 Å². The van der Waals surface area contributed by atoms with Crippen molar-refractivity contribution in [3.05, 3.63) is 29.8 Å². The summed E-state index contributed by atoms with van der Waals surface area (Å²) in [7, 11) is 0. The van der Waals surface area contributed by atoms with Gasteiger partial charge in [0, 0.05) is 12.2 Å². The zero-order chi connectivity index (χ0) is 13.2. The van der Waals surface area contributed by atoms with E-state index in [0.29, 0.717) is 6.61 Å². The van der Waals surface area contributed by atoms with Crippen LogP contribution in [0.4, 0.5) is 0 Å². The molecule has 0 spiro atoms. The molecule has 0 aromatic heterocycles. The number of hydrogen-bond acceptors (Lipinski definition) is 3. The number of hydrogen-bond donors (Lipinski definition) is 1. The molecule has 0 aliphatic rings. The Balaban J connectivity index is 2.80. The van der Waals surface area contributed by atoms with Crippen molar-refractivity contribution in [3.8, 4) is 5.75 Å². The fraction of sp³-hybridized carbons (Fsp3) is 0.600. The van der Waals surface area contributed by atoms with Crippen LogP contribution in [0.3, 0.4) is 0 Å². The van der Waals surface area contributed by atoms with Crippen molar-refractivity contribution >= 4 is 0 Å². The molecule has 0 heterocycles. The minimum atomic E-state index is 0.197. The third kappa shape index (κ3) is 4.67. The number of nitrogens with one attached hydrogen (secondary N) is 1. The quantitative estimate of drug-likeness (QED) is 0.731. The molecule has 0 aliphatic heterocycles. The molecule has 3 heteroatoms. The molecule has 1 aromatic rings. The van der Waals surface area contributed by atoms with Crippen LogP contribution < -0.4 is 10.1 Å². The maximum Gasteiger partial charge on any atom is 0.124 e. The third-order valence-corrected chi connectivity index (χ3v) is 2.70. The fourth-order valence-electron chi connectivity index (χ4n) is 1.85. The van der Waals surface area contributed by atoms with E-state index in [1.807, 2.05) is 25.1 Å². The number of rotatable bonds is 9. The molecule has 1 N–H and O–H groups in total. The highest BCUT2D eigenvalue weighted by Crippen LogP contribution is 2.25. The summed E-state index contributed by atoms with van der Waals surface area (Å²) in [6.45, 7) is 9.32. The van der Waals surface area contributed by atoms with Crippen LogP contribution in [0.25, 0.3) is 0 Å². The summed E-state index contributed by atoms with van der Waals surface area (Å²) >= 11 is 0. The summed E-state index contributed by atoms with van der Waals surface area (Å²) in [5.41, 5.74) is 1.18. The minimum absolute atomic E-state index is 0.197. The Morgan fingerprint density at radius 2 is 1.94 bits per heavy atom. The van der Waals surface area contributed by atoms with Gasteiger partial charge < -0.3 is 14.8 Å². The molecule has 1 rings (SSSR count). The molecule has 0 radical (unpaired) electrons. The molecule has 1 aromatic carbocycles. The van der Waals surface area contributed by atoms with E-state index in [1.54, 1.807) is 0 Å². The molecule has 0 saturated carbocycles. The third-order valence-electron chi connectivity index (χ3n) is 2.70. The van der Waals surface area contributed by atoms with Crippen molar-refractivity contribution in [3.63, 3.8) is 0 Å². The Kier molecular flexibility index (Phi) is 7.46. The van der Waals surface area contributed by atoms with Gasteiger partial charge >= 0.3 is 0 Å². The fourth-order valence-corrected chi connectivity index (χ4v) is 1.85. The second-order valence-corrected chi connectivity index (χ2v) is 4.16. The molecule has 1 atom stereocenters. The van der Waals surface area contributed by atoms with Crippen LogP contribution in [-0.4, -0.2) is 26.4 Å². The first-order valence-electron chi connectivity index (χ1n) is 6.86. The molecule has 18 heavy (non-hydrogen) atoms. The van der Waals surface area contributed by atoms with Gasteiger partial charge in [0.2, 0.25) is 0 Å².